The van der Waals surface area contributed by atoms with E-state index in [0.29, 0.717) is 12.1 Å². The van der Waals surface area contributed by atoms with E-state index in [1.165, 1.54) is 5.01 Å². The Morgan fingerprint density at radius 1 is 1.00 bits per heavy atom. The van der Waals surface area contributed by atoms with Crippen molar-refractivity contribution in [3.05, 3.63) is 101 Å². The molecule has 1 heterocycles. The van der Waals surface area contributed by atoms with Crippen molar-refractivity contribution >= 4 is 21.8 Å². The van der Waals surface area contributed by atoms with Gasteiger partial charge < -0.3 is 0 Å². The van der Waals surface area contributed by atoms with E-state index in [0.717, 1.165) is 41.0 Å². The van der Waals surface area contributed by atoms with Crippen LogP contribution in [0.5, 0.6) is 0 Å². The highest BCUT2D eigenvalue weighted by Gasteiger charge is 2.33. The van der Waals surface area contributed by atoms with Gasteiger partial charge in [0.25, 0.3) is 10.0 Å². The molecule has 9 heteroatoms. The van der Waals surface area contributed by atoms with E-state index >= 15 is 0 Å². The fourth-order valence-corrected chi connectivity index (χ4v) is 4.23. The number of hydrazone groups is 1. The highest BCUT2D eigenvalue weighted by molar-refractivity contribution is 7.89. The molecule has 3 aromatic carbocycles. The summed E-state index contributed by atoms with van der Waals surface area (Å²) in [6.07, 6.45) is 0.477. The molecule has 0 aromatic heterocycles. The van der Waals surface area contributed by atoms with Crippen molar-refractivity contribution in [3.8, 4) is 0 Å². The maximum Gasteiger partial charge on any atom is 0.353 e. The standard InChI is InChI=1S/C23H21FN4O3S/c1-16-7-9-18(10-8-16)22-15-21(17-5-3-2-4-6-17)26-28(22)23(29)25-27-32(30,31)20-13-11-19(24)12-14-20/h2-14,22,27H,15H2,1H3,(H,25,29). The van der Waals surface area contributed by atoms with Crippen LogP contribution in [0, 0.1) is 12.7 Å². The SMILES string of the molecule is Cc1ccc(C2CC(c3ccccc3)=NN2C(=O)NNS(=O)(=O)c2ccc(F)cc2)cc1. The number of halogens is 1. The van der Waals surface area contributed by atoms with Crippen LogP contribution in [0.4, 0.5) is 9.18 Å². The van der Waals surface area contributed by atoms with Gasteiger partial charge in [-0.1, -0.05) is 60.2 Å². The summed E-state index contributed by atoms with van der Waals surface area (Å²) in [5.74, 6) is -0.561. The number of hydrogen-bond acceptors (Lipinski definition) is 4. The smallest absolute Gasteiger partial charge is 0.258 e. The summed E-state index contributed by atoms with van der Waals surface area (Å²) in [5.41, 5.74) is 5.77. The first-order chi connectivity index (χ1) is 15.3. The number of rotatable bonds is 5. The molecule has 3 aromatic rings. The zero-order chi connectivity index (χ0) is 22.7. The number of nitrogens with one attached hydrogen (secondary N) is 2. The highest BCUT2D eigenvalue weighted by Crippen LogP contribution is 2.32. The summed E-state index contributed by atoms with van der Waals surface area (Å²) < 4.78 is 38.0. The fraction of sp³-hybridized carbons (Fsp3) is 0.130. The Kier molecular flexibility index (Phi) is 6.02. The van der Waals surface area contributed by atoms with Crippen molar-refractivity contribution in [2.45, 2.75) is 24.3 Å². The van der Waals surface area contributed by atoms with Gasteiger partial charge in [-0.15, -0.1) is 4.83 Å². The normalized spacial score (nSPS) is 16.0. The van der Waals surface area contributed by atoms with Gasteiger partial charge in [0, 0.05) is 6.42 Å². The lowest BCUT2D eigenvalue weighted by molar-refractivity contribution is 0.184. The third-order valence-corrected chi connectivity index (χ3v) is 6.37. The van der Waals surface area contributed by atoms with E-state index in [2.05, 4.69) is 10.5 Å². The van der Waals surface area contributed by atoms with Crippen molar-refractivity contribution in [2.24, 2.45) is 5.10 Å². The van der Waals surface area contributed by atoms with Crippen molar-refractivity contribution in [1.82, 2.24) is 15.3 Å². The Morgan fingerprint density at radius 2 is 1.66 bits per heavy atom. The Hall–Kier alpha value is -3.56. The summed E-state index contributed by atoms with van der Waals surface area (Å²) in [6, 6.07) is 20.4. The van der Waals surface area contributed by atoms with Crippen LogP contribution in [0.3, 0.4) is 0 Å². The molecule has 0 aliphatic carbocycles. The molecule has 1 aliphatic heterocycles. The average molecular weight is 453 g/mol. The van der Waals surface area contributed by atoms with E-state index in [4.69, 9.17) is 0 Å². The number of hydrazine groups is 1. The lowest BCUT2D eigenvalue weighted by Gasteiger charge is -2.22. The predicted molar refractivity (Wildman–Crippen MR) is 119 cm³/mol. The molecule has 0 bridgehead atoms. The Labute approximate surface area is 185 Å². The molecule has 1 aliphatic rings. The Bertz CT molecular complexity index is 1240. The van der Waals surface area contributed by atoms with Crippen LogP contribution < -0.4 is 10.3 Å². The van der Waals surface area contributed by atoms with Crippen LogP contribution in [0.2, 0.25) is 0 Å². The molecule has 7 nitrogen and oxygen atoms in total. The summed E-state index contributed by atoms with van der Waals surface area (Å²) in [5, 5.41) is 5.71. The minimum Gasteiger partial charge on any atom is -0.258 e. The predicted octanol–water partition coefficient (Wildman–Crippen LogP) is 3.89. The number of carbonyl (C=O) groups excluding carboxylic acids is 1. The quantitative estimate of drug-likeness (QED) is 0.576. The van der Waals surface area contributed by atoms with Crippen LogP contribution in [0.1, 0.15) is 29.2 Å². The van der Waals surface area contributed by atoms with E-state index in [9.17, 15) is 17.6 Å². The Morgan fingerprint density at radius 3 is 2.31 bits per heavy atom. The van der Waals surface area contributed by atoms with Crippen LogP contribution in [-0.4, -0.2) is 25.2 Å². The third kappa shape index (κ3) is 4.68. The fourth-order valence-electron chi connectivity index (χ4n) is 3.39. The number of hydrogen-bond donors (Lipinski definition) is 2. The first kappa shape index (κ1) is 21.7. The van der Waals surface area contributed by atoms with Crippen LogP contribution in [-0.2, 0) is 10.0 Å². The number of carbonyl (C=O) groups is 1. The van der Waals surface area contributed by atoms with Gasteiger partial charge in [-0.25, -0.2) is 22.6 Å². The van der Waals surface area contributed by atoms with E-state index < -0.39 is 27.9 Å². The zero-order valence-electron chi connectivity index (χ0n) is 17.2. The van der Waals surface area contributed by atoms with Gasteiger partial charge in [0.1, 0.15) is 5.82 Å². The number of amides is 2. The van der Waals surface area contributed by atoms with Crippen molar-refractivity contribution in [1.29, 1.82) is 0 Å². The molecule has 2 amide bonds. The van der Waals surface area contributed by atoms with Crippen molar-refractivity contribution < 1.29 is 17.6 Å². The van der Waals surface area contributed by atoms with Gasteiger partial charge in [-0.3, -0.25) is 5.43 Å². The molecule has 1 unspecified atom stereocenters. The average Bonchev–Trinajstić information content (AvgIpc) is 3.24. The lowest BCUT2D eigenvalue weighted by Crippen LogP contribution is -2.47. The van der Waals surface area contributed by atoms with Gasteiger partial charge in [0.05, 0.1) is 16.6 Å². The molecule has 0 saturated carbocycles. The van der Waals surface area contributed by atoms with Gasteiger partial charge in [0.2, 0.25) is 0 Å². The number of urea groups is 1. The summed E-state index contributed by atoms with van der Waals surface area (Å²) in [6.45, 7) is 1.97. The second-order valence-corrected chi connectivity index (χ2v) is 9.06. The first-order valence-corrected chi connectivity index (χ1v) is 11.4. The molecule has 2 N–H and O–H groups in total. The second kappa shape index (κ2) is 8.89. The number of sulfonamides is 1. The molecule has 1 atom stereocenters. The minimum atomic E-state index is -4.08. The van der Waals surface area contributed by atoms with Crippen molar-refractivity contribution in [2.75, 3.05) is 0 Å². The molecule has 0 radical (unpaired) electrons. The molecule has 0 fully saturated rings. The minimum absolute atomic E-state index is 0.177. The van der Waals surface area contributed by atoms with Crippen LogP contribution in [0.15, 0.2) is 88.9 Å². The number of aryl methyl sites for hydroxylation is 1. The second-order valence-electron chi connectivity index (χ2n) is 7.38. The van der Waals surface area contributed by atoms with Gasteiger partial charge in [-0.2, -0.15) is 5.10 Å². The summed E-state index contributed by atoms with van der Waals surface area (Å²) in [7, 11) is -4.08. The number of nitrogens with zero attached hydrogens (tertiary/aromatic N) is 2. The van der Waals surface area contributed by atoms with Crippen molar-refractivity contribution in [3.63, 3.8) is 0 Å². The maximum absolute atomic E-state index is 13.1. The van der Waals surface area contributed by atoms with Crippen LogP contribution >= 0.6 is 0 Å². The first-order valence-electron chi connectivity index (χ1n) is 9.89. The molecule has 32 heavy (non-hydrogen) atoms. The third-order valence-electron chi connectivity index (χ3n) is 5.10. The Balaban J connectivity index is 1.57. The van der Waals surface area contributed by atoms with Gasteiger partial charge in [-0.05, 0) is 42.3 Å². The van der Waals surface area contributed by atoms with E-state index in [-0.39, 0.29) is 4.90 Å². The summed E-state index contributed by atoms with van der Waals surface area (Å²) >= 11 is 0. The zero-order valence-corrected chi connectivity index (χ0v) is 18.0. The summed E-state index contributed by atoms with van der Waals surface area (Å²) in [4.78, 5) is 14.8. The van der Waals surface area contributed by atoms with Gasteiger partial charge >= 0.3 is 6.03 Å². The largest absolute Gasteiger partial charge is 0.353 e. The van der Waals surface area contributed by atoms with Crippen LogP contribution in [0.25, 0.3) is 0 Å². The molecular weight excluding hydrogens is 431 g/mol. The maximum atomic E-state index is 13.1. The molecule has 0 saturated heterocycles. The molecular formula is C23H21FN4O3S. The number of benzene rings is 3. The molecule has 164 valence electrons. The van der Waals surface area contributed by atoms with E-state index in [1.54, 1.807) is 0 Å². The van der Waals surface area contributed by atoms with E-state index in [1.807, 2.05) is 66.4 Å². The monoisotopic (exact) mass is 452 g/mol. The highest BCUT2D eigenvalue weighted by atomic mass is 32.2. The molecule has 0 spiro atoms. The molecule has 4 rings (SSSR count). The van der Waals surface area contributed by atoms with Gasteiger partial charge in [0.15, 0.2) is 0 Å². The lowest BCUT2D eigenvalue weighted by atomic mass is 9.98. The topological polar surface area (TPSA) is 90.9 Å².